The molecule has 90 valence electrons. The molecule has 0 aliphatic carbocycles. The van der Waals surface area contributed by atoms with Crippen molar-refractivity contribution >= 4 is 17.0 Å². The molecule has 3 heterocycles. The van der Waals surface area contributed by atoms with Crippen LogP contribution in [0.25, 0.3) is 11.0 Å². The Labute approximate surface area is 97.4 Å². The van der Waals surface area contributed by atoms with Crippen LogP contribution in [0.3, 0.4) is 0 Å². The zero-order chi connectivity index (χ0) is 12.0. The Morgan fingerprint density at radius 3 is 3.12 bits per heavy atom. The molecule has 1 aliphatic heterocycles. The average Bonchev–Trinajstić information content (AvgIpc) is 2.83. The zero-order valence-electron chi connectivity index (χ0n) is 9.51. The molecule has 17 heavy (non-hydrogen) atoms. The van der Waals surface area contributed by atoms with Crippen molar-refractivity contribution in [2.75, 3.05) is 5.73 Å². The molecule has 3 rings (SSSR count). The van der Waals surface area contributed by atoms with E-state index in [-0.39, 0.29) is 23.8 Å². The fourth-order valence-corrected chi connectivity index (χ4v) is 2.28. The van der Waals surface area contributed by atoms with Crippen molar-refractivity contribution in [2.45, 2.75) is 32.1 Å². The predicted octanol–water partition coefficient (Wildman–Crippen LogP) is 1.00. The number of anilines is 1. The van der Waals surface area contributed by atoms with Crippen LogP contribution >= 0.6 is 0 Å². The number of rotatable bonds is 1. The van der Waals surface area contributed by atoms with Gasteiger partial charge in [0.1, 0.15) is 6.23 Å². The van der Waals surface area contributed by atoms with Gasteiger partial charge in [0.05, 0.1) is 11.5 Å². The van der Waals surface area contributed by atoms with Crippen molar-refractivity contribution in [3.8, 4) is 0 Å². The van der Waals surface area contributed by atoms with E-state index in [0.29, 0.717) is 11.0 Å². The Bertz CT molecular complexity index is 615. The van der Waals surface area contributed by atoms with Gasteiger partial charge in [0, 0.05) is 6.20 Å². The summed E-state index contributed by atoms with van der Waals surface area (Å²) in [4.78, 5) is 18.3. The molecule has 1 saturated heterocycles. The monoisotopic (exact) mass is 234 g/mol. The third-order valence-corrected chi connectivity index (χ3v) is 3.12. The summed E-state index contributed by atoms with van der Waals surface area (Å²) < 4.78 is 7.64. The number of nitrogen functional groups attached to an aromatic ring is 1. The topological polar surface area (TPSA) is 85.9 Å². The lowest BCUT2D eigenvalue weighted by Crippen LogP contribution is -2.14. The maximum Gasteiger partial charge on any atom is 0.261 e. The zero-order valence-corrected chi connectivity index (χ0v) is 9.51. The molecular formula is C11H14N4O2. The second-order valence-corrected chi connectivity index (χ2v) is 4.39. The molecule has 2 aromatic rings. The van der Waals surface area contributed by atoms with Crippen LogP contribution in [0.2, 0.25) is 0 Å². The first-order chi connectivity index (χ1) is 8.15. The first-order valence-electron chi connectivity index (χ1n) is 5.67. The molecule has 0 bridgehead atoms. The molecule has 1 aliphatic rings. The molecule has 6 nitrogen and oxygen atoms in total. The van der Waals surface area contributed by atoms with Gasteiger partial charge in [-0.15, -0.1) is 0 Å². The summed E-state index contributed by atoms with van der Waals surface area (Å²) in [6.07, 6.45) is 3.98. The summed E-state index contributed by atoms with van der Waals surface area (Å²) in [6, 6.07) is 1.74. The number of hydrogen-bond acceptors (Lipinski definition) is 4. The SMILES string of the molecule is C[C@@H]1CC[C@H](n2ccc3c(=O)[nH]c(N)nc32)O1. The van der Waals surface area contributed by atoms with E-state index in [0.717, 1.165) is 12.8 Å². The van der Waals surface area contributed by atoms with E-state index >= 15 is 0 Å². The van der Waals surface area contributed by atoms with Gasteiger partial charge in [-0.05, 0) is 25.8 Å². The Morgan fingerprint density at radius 1 is 1.59 bits per heavy atom. The molecule has 2 aromatic heterocycles. The van der Waals surface area contributed by atoms with Crippen LogP contribution in [-0.4, -0.2) is 20.6 Å². The van der Waals surface area contributed by atoms with Crippen molar-refractivity contribution in [2.24, 2.45) is 0 Å². The summed E-state index contributed by atoms with van der Waals surface area (Å²) in [5.41, 5.74) is 5.94. The number of ether oxygens (including phenoxy) is 1. The Hall–Kier alpha value is -1.82. The van der Waals surface area contributed by atoms with Gasteiger partial charge >= 0.3 is 0 Å². The molecule has 0 saturated carbocycles. The first-order valence-corrected chi connectivity index (χ1v) is 5.67. The summed E-state index contributed by atoms with van der Waals surface area (Å²) in [5.74, 6) is 0.133. The van der Waals surface area contributed by atoms with Gasteiger partial charge in [-0.25, -0.2) is 0 Å². The number of nitrogens with zero attached hydrogens (tertiary/aromatic N) is 2. The number of nitrogens with one attached hydrogen (secondary N) is 1. The van der Waals surface area contributed by atoms with Crippen LogP contribution in [0.1, 0.15) is 26.0 Å². The van der Waals surface area contributed by atoms with Crippen LogP contribution in [-0.2, 0) is 4.74 Å². The van der Waals surface area contributed by atoms with Crippen LogP contribution < -0.4 is 11.3 Å². The molecule has 3 N–H and O–H groups in total. The Morgan fingerprint density at radius 2 is 2.41 bits per heavy atom. The van der Waals surface area contributed by atoms with E-state index in [1.807, 2.05) is 17.7 Å². The molecular weight excluding hydrogens is 220 g/mol. The molecule has 0 aromatic carbocycles. The van der Waals surface area contributed by atoms with Crippen molar-refractivity contribution in [3.05, 3.63) is 22.6 Å². The molecule has 1 fully saturated rings. The predicted molar refractivity (Wildman–Crippen MR) is 63.6 cm³/mol. The highest BCUT2D eigenvalue weighted by molar-refractivity contribution is 5.76. The first kappa shape index (κ1) is 10.3. The second-order valence-electron chi connectivity index (χ2n) is 4.39. The summed E-state index contributed by atoms with van der Waals surface area (Å²) in [6.45, 7) is 2.04. The van der Waals surface area contributed by atoms with Crippen LogP contribution in [0.15, 0.2) is 17.1 Å². The van der Waals surface area contributed by atoms with Gasteiger partial charge in [-0.2, -0.15) is 4.98 Å². The Balaban J connectivity index is 2.15. The van der Waals surface area contributed by atoms with Crippen LogP contribution in [0, 0.1) is 0 Å². The van der Waals surface area contributed by atoms with Gasteiger partial charge in [0.15, 0.2) is 5.65 Å². The molecule has 6 heteroatoms. The average molecular weight is 234 g/mol. The minimum Gasteiger partial charge on any atom is -0.369 e. The third kappa shape index (κ3) is 1.61. The summed E-state index contributed by atoms with van der Waals surface area (Å²) in [7, 11) is 0. The highest BCUT2D eigenvalue weighted by Gasteiger charge is 2.24. The van der Waals surface area contributed by atoms with Crippen molar-refractivity contribution in [1.82, 2.24) is 14.5 Å². The highest BCUT2D eigenvalue weighted by atomic mass is 16.5. The Kier molecular flexibility index (Phi) is 2.19. The summed E-state index contributed by atoms with van der Waals surface area (Å²) in [5, 5.41) is 0.544. The maximum atomic E-state index is 11.7. The quantitative estimate of drug-likeness (QED) is 0.770. The van der Waals surface area contributed by atoms with Gasteiger partial charge in [-0.3, -0.25) is 9.78 Å². The minimum atomic E-state index is -0.211. The van der Waals surface area contributed by atoms with Crippen molar-refractivity contribution in [1.29, 1.82) is 0 Å². The van der Waals surface area contributed by atoms with Crippen LogP contribution in [0.4, 0.5) is 5.95 Å². The highest BCUT2D eigenvalue weighted by Crippen LogP contribution is 2.30. The van der Waals surface area contributed by atoms with E-state index in [2.05, 4.69) is 9.97 Å². The molecule has 0 amide bonds. The fourth-order valence-electron chi connectivity index (χ4n) is 2.28. The van der Waals surface area contributed by atoms with Crippen molar-refractivity contribution in [3.63, 3.8) is 0 Å². The smallest absolute Gasteiger partial charge is 0.261 e. The molecule has 0 radical (unpaired) electrons. The standard InChI is InChI=1S/C11H14N4O2/c1-6-2-3-8(17-6)15-5-4-7-9(15)13-11(12)14-10(7)16/h4-6,8H,2-3H2,1H3,(H3,12,13,14,16)/t6-,8-/m1/s1. The largest absolute Gasteiger partial charge is 0.369 e. The normalized spacial score (nSPS) is 24.5. The van der Waals surface area contributed by atoms with E-state index in [1.165, 1.54) is 0 Å². The van der Waals surface area contributed by atoms with Gasteiger partial charge < -0.3 is 15.0 Å². The number of aromatic nitrogens is 3. The number of H-pyrrole nitrogens is 1. The van der Waals surface area contributed by atoms with Gasteiger partial charge in [-0.1, -0.05) is 0 Å². The maximum absolute atomic E-state index is 11.7. The second kappa shape index (κ2) is 3.59. The van der Waals surface area contributed by atoms with E-state index in [1.54, 1.807) is 6.07 Å². The number of nitrogens with two attached hydrogens (primary N) is 1. The van der Waals surface area contributed by atoms with E-state index in [9.17, 15) is 4.79 Å². The molecule has 0 spiro atoms. The minimum absolute atomic E-state index is 0.0452. The lowest BCUT2D eigenvalue weighted by atomic mass is 10.2. The molecule has 0 unspecified atom stereocenters. The fraction of sp³-hybridized carbons (Fsp3) is 0.455. The number of aromatic amines is 1. The summed E-state index contributed by atoms with van der Waals surface area (Å²) >= 11 is 0. The number of fused-ring (bicyclic) bond motifs is 1. The third-order valence-electron chi connectivity index (χ3n) is 3.12. The van der Waals surface area contributed by atoms with E-state index in [4.69, 9.17) is 10.5 Å². The molecule has 2 atom stereocenters. The lowest BCUT2D eigenvalue weighted by molar-refractivity contribution is 0.0135. The van der Waals surface area contributed by atoms with Crippen LogP contribution in [0.5, 0.6) is 0 Å². The van der Waals surface area contributed by atoms with Gasteiger partial charge in [0.25, 0.3) is 5.56 Å². The van der Waals surface area contributed by atoms with Crippen molar-refractivity contribution < 1.29 is 4.74 Å². The number of hydrogen-bond donors (Lipinski definition) is 2. The van der Waals surface area contributed by atoms with E-state index < -0.39 is 0 Å². The van der Waals surface area contributed by atoms with Gasteiger partial charge in [0.2, 0.25) is 5.95 Å². The lowest BCUT2D eigenvalue weighted by Gasteiger charge is -2.13.